The van der Waals surface area contributed by atoms with Gasteiger partial charge in [0.25, 0.3) is 0 Å². The minimum absolute atomic E-state index is 0.0260. The van der Waals surface area contributed by atoms with Gasteiger partial charge < -0.3 is 24.8 Å². The Morgan fingerprint density at radius 3 is 1.69 bits per heavy atom. The summed E-state index contributed by atoms with van der Waals surface area (Å²) in [4.78, 5) is 34.8. The molecule has 11 heteroatoms. The van der Waals surface area contributed by atoms with Crippen molar-refractivity contribution in [3.63, 3.8) is 0 Å². The highest BCUT2D eigenvalue weighted by Crippen LogP contribution is 2.43. The highest BCUT2D eigenvalue weighted by molar-refractivity contribution is 7.47. The third-order valence-electron chi connectivity index (χ3n) is 8.56. The summed E-state index contributed by atoms with van der Waals surface area (Å²) in [6, 6.07) is 0. The second kappa shape index (κ2) is 37.9. The minimum atomic E-state index is -4.42. The number of nitrogens with two attached hydrogens (primary N) is 1. The Labute approximate surface area is 350 Å². The second-order valence-electron chi connectivity index (χ2n) is 13.9. The number of phosphoric acid groups is 1. The third kappa shape index (κ3) is 34.7. The fourth-order valence-corrected chi connectivity index (χ4v) is 6.05. The van der Waals surface area contributed by atoms with E-state index in [-0.39, 0.29) is 32.6 Å². The summed E-state index contributed by atoms with van der Waals surface area (Å²) in [5, 5.41) is 0. The summed E-state index contributed by atoms with van der Waals surface area (Å²) < 4.78 is 38.4. The zero-order chi connectivity index (χ0) is 42.2. The van der Waals surface area contributed by atoms with Gasteiger partial charge in [0.2, 0.25) is 0 Å². The smallest absolute Gasteiger partial charge is 0.462 e. The van der Waals surface area contributed by atoms with Crippen LogP contribution in [0.2, 0.25) is 0 Å². The number of epoxide rings is 1. The van der Waals surface area contributed by atoms with Gasteiger partial charge in [-0.3, -0.25) is 18.6 Å². The molecule has 3 N–H and O–H groups in total. The summed E-state index contributed by atoms with van der Waals surface area (Å²) >= 11 is 0. The first kappa shape index (κ1) is 52.6. The van der Waals surface area contributed by atoms with Crippen LogP contribution in [0, 0.1) is 0 Å². The first-order chi connectivity index (χ1) is 28.3. The van der Waals surface area contributed by atoms with Crippen LogP contribution < -0.4 is 5.73 Å². The molecule has 0 aromatic carbocycles. The number of allylic oxidation sites excluding steroid dienone is 16. The monoisotopic (exact) mass is 828 g/mol. The van der Waals surface area contributed by atoms with E-state index in [1.165, 1.54) is 19.3 Å². The van der Waals surface area contributed by atoms with E-state index in [0.717, 1.165) is 64.2 Å². The molecule has 326 valence electrons. The molecule has 0 aromatic heterocycles. The lowest BCUT2D eigenvalue weighted by atomic mass is 10.1. The Morgan fingerprint density at radius 2 is 1.12 bits per heavy atom. The Hall–Kier alpha value is -3.37. The lowest BCUT2D eigenvalue weighted by Crippen LogP contribution is -2.29. The summed E-state index contributed by atoms with van der Waals surface area (Å²) in [5.74, 6) is -1.01. The number of ether oxygens (including phenoxy) is 3. The van der Waals surface area contributed by atoms with E-state index in [0.29, 0.717) is 31.5 Å². The summed E-state index contributed by atoms with van der Waals surface area (Å²) in [6.45, 7) is 3.39. The highest BCUT2D eigenvalue weighted by Gasteiger charge is 2.36. The summed E-state index contributed by atoms with van der Waals surface area (Å²) in [6.07, 6.45) is 53.1. The number of esters is 2. The van der Waals surface area contributed by atoms with Gasteiger partial charge in [0.15, 0.2) is 6.10 Å². The van der Waals surface area contributed by atoms with Crippen LogP contribution >= 0.6 is 7.82 Å². The summed E-state index contributed by atoms with van der Waals surface area (Å²) in [7, 11) is -4.42. The van der Waals surface area contributed by atoms with Gasteiger partial charge >= 0.3 is 19.8 Å². The molecule has 0 spiro atoms. The Bertz CT molecular complexity index is 1380. The molecular weight excluding hydrogens is 753 g/mol. The maximum absolute atomic E-state index is 12.6. The Morgan fingerprint density at radius 1 is 0.621 bits per heavy atom. The fraction of sp³-hybridized carbons (Fsp3) is 0.574. The molecule has 1 saturated heterocycles. The molecule has 10 nitrogen and oxygen atoms in total. The largest absolute Gasteiger partial charge is 0.472 e. The maximum Gasteiger partial charge on any atom is 0.472 e. The van der Waals surface area contributed by atoms with Gasteiger partial charge in [0.05, 0.1) is 25.4 Å². The zero-order valence-electron chi connectivity index (χ0n) is 35.4. The number of carbonyl (C=O) groups excluding carboxylic acids is 2. The van der Waals surface area contributed by atoms with E-state index in [4.69, 9.17) is 29.0 Å². The minimum Gasteiger partial charge on any atom is -0.462 e. The summed E-state index contributed by atoms with van der Waals surface area (Å²) in [5.41, 5.74) is 5.34. The average Bonchev–Trinajstić information content (AvgIpc) is 3.97. The van der Waals surface area contributed by atoms with Crippen molar-refractivity contribution in [1.29, 1.82) is 0 Å². The molecule has 0 saturated carbocycles. The quantitative estimate of drug-likeness (QED) is 0.0204. The number of hydrogen-bond acceptors (Lipinski definition) is 9. The van der Waals surface area contributed by atoms with Crippen molar-refractivity contribution in [2.45, 2.75) is 148 Å². The number of carbonyl (C=O) groups is 2. The molecule has 1 rings (SSSR count). The van der Waals surface area contributed by atoms with Crippen LogP contribution in [0.3, 0.4) is 0 Å². The van der Waals surface area contributed by atoms with Crippen molar-refractivity contribution >= 4 is 19.8 Å². The highest BCUT2D eigenvalue weighted by atomic mass is 31.2. The van der Waals surface area contributed by atoms with Crippen LogP contribution in [0.5, 0.6) is 0 Å². The predicted octanol–water partition coefficient (Wildman–Crippen LogP) is 11.4. The van der Waals surface area contributed by atoms with E-state index in [9.17, 15) is 19.0 Å². The standard InChI is InChI=1S/C47H74NO9P/c1-3-5-7-9-11-12-13-14-15-16-17-18-19-20-21-22-25-30-34-38-47(50)56-43(42-55-58(51,52)54-40-39-48)41-53-46(49)37-33-29-26-23-24-28-32-36-45-44(57-45)35-31-27-10-8-6-4-2/h5,7,11-12,14-15,17-18,20-21,23,25-28,30-32,43-45H,3-4,6,8-10,13,16,19,22,24,29,33-42,48H2,1-2H3,(H,51,52)/b7-5-,12-11-,15-14-,18-17-,21-20-,26-23-,30-25-,31-27-,32-28-/t43-,44?,45?/m1/s1. The van der Waals surface area contributed by atoms with Gasteiger partial charge in [-0.2, -0.15) is 0 Å². The molecule has 0 bridgehead atoms. The molecule has 0 amide bonds. The van der Waals surface area contributed by atoms with Gasteiger partial charge in [0, 0.05) is 19.4 Å². The molecule has 0 radical (unpaired) electrons. The Balaban J connectivity index is 2.30. The van der Waals surface area contributed by atoms with Gasteiger partial charge in [-0.15, -0.1) is 0 Å². The number of rotatable bonds is 37. The van der Waals surface area contributed by atoms with Crippen LogP contribution in [0.4, 0.5) is 0 Å². The predicted molar refractivity (Wildman–Crippen MR) is 237 cm³/mol. The molecule has 1 fully saturated rings. The van der Waals surface area contributed by atoms with Crippen molar-refractivity contribution in [2.75, 3.05) is 26.4 Å². The van der Waals surface area contributed by atoms with Crippen molar-refractivity contribution in [3.8, 4) is 0 Å². The first-order valence-corrected chi connectivity index (χ1v) is 23.0. The zero-order valence-corrected chi connectivity index (χ0v) is 36.3. The second-order valence-corrected chi connectivity index (χ2v) is 15.3. The first-order valence-electron chi connectivity index (χ1n) is 21.5. The van der Waals surface area contributed by atoms with Crippen molar-refractivity contribution in [2.24, 2.45) is 5.73 Å². The van der Waals surface area contributed by atoms with Crippen LogP contribution in [0.25, 0.3) is 0 Å². The van der Waals surface area contributed by atoms with E-state index >= 15 is 0 Å². The number of unbranched alkanes of at least 4 members (excludes halogenated alkanes) is 4. The van der Waals surface area contributed by atoms with Gasteiger partial charge in [-0.05, 0) is 89.9 Å². The van der Waals surface area contributed by atoms with E-state index in [1.54, 1.807) is 0 Å². The third-order valence-corrected chi connectivity index (χ3v) is 9.54. The van der Waals surface area contributed by atoms with Crippen LogP contribution in [0.15, 0.2) is 109 Å². The molecule has 1 heterocycles. The van der Waals surface area contributed by atoms with Crippen LogP contribution in [-0.2, 0) is 37.4 Å². The molecule has 58 heavy (non-hydrogen) atoms. The molecule has 0 aliphatic carbocycles. The van der Waals surface area contributed by atoms with Gasteiger partial charge in [0.1, 0.15) is 6.61 Å². The fourth-order valence-electron chi connectivity index (χ4n) is 5.28. The maximum atomic E-state index is 12.6. The van der Waals surface area contributed by atoms with Crippen molar-refractivity contribution in [3.05, 3.63) is 109 Å². The van der Waals surface area contributed by atoms with Crippen molar-refractivity contribution < 1.29 is 42.3 Å². The SMILES string of the molecule is CC/C=C\C/C=C\C/C=C\C/C=C\C/C=C\C/C=C\CCC(=O)O[C@H](COC(=O)CCC/C=C\C/C=C\CC1OC1C/C=C\CCCCC)COP(=O)(O)OCCN. The molecule has 0 aromatic rings. The lowest BCUT2D eigenvalue weighted by molar-refractivity contribution is -0.161. The number of phosphoric ester groups is 1. The average molecular weight is 828 g/mol. The molecule has 1 aliphatic heterocycles. The lowest BCUT2D eigenvalue weighted by Gasteiger charge is -2.19. The number of hydrogen-bond donors (Lipinski definition) is 2. The van der Waals surface area contributed by atoms with Crippen LogP contribution in [0.1, 0.15) is 129 Å². The molecule has 1 aliphatic rings. The normalized spacial score (nSPS) is 17.9. The molecular formula is C47H74NO9P. The Kier molecular flexibility index (Phi) is 34.4. The molecule has 3 unspecified atom stereocenters. The van der Waals surface area contributed by atoms with E-state index < -0.39 is 32.5 Å². The van der Waals surface area contributed by atoms with Gasteiger partial charge in [-0.25, -0.2) is 4.57 Å². The van der Waals surface area contributed by atoms with E-state index in [1.807, 2.05) is 18.2 Å². The van der Waals surface area contributed by atoms with Crippen molar-refractivity contribution in [1.82, 2.24) is 0 Å². The van der Waals surface area contributed by atoms with E-state index in [2.05, 4.69) is 105 Å². The van der Waals surface area contributed by atoms with Gasteiger partial charge in [-0.1, -0.05) is 136 Å². The van der Waals surface area contributed by atoms with Crippen LogP contribution in [-0.4, -0.2) is 61.5 Å². The topological polar surface area (TPSA) is 147 Å². The molecule has 4 atom stereocenters.